The number of nitrogens with zero attached hydrogens (tertiary/aromatic N) is 2. The zero-order valence-corrected chi connectivity index (χ0v) is 16.4. The van der Waals surface area contributed by atoms with E-state index in [0.29, 0.717) is 18.2 Å². The molecule has 0 saturated heterocycles. The third-order valence-electron chi connectivity index (χ3n) is 6.22. The molecule has 2 heterocycles. The predicted octanol–water partition coefficient (Wildman–Crippen LogP) is 4.71. The van der Waals surface area contributed by atoms with Crippen LogP contribution in [0.1, 0.15) is 53.0 Å². The quantitative estimate of drug-likeness (QED) is 0.620. The molecule has 0 bridgehead atoms. The second-order valence-corrected chi connectivity index (χ2v) is 7.83. The van der Waals surface area contributed by atoms with Crippen molar-refractivity contribution in [2.24, 2.45) is 0 Å². The lowest BCUT2D eigenvalue weighted by Crippen LogP contribution is -2.39. The molecule has 0 N–H and O–H groups in total. The summed E-state index contributed by atoms with van der Waals surface area (Å²) >= 11 is 0. The Morgan fingerprint density at radius 3 is 2.82 bits per heavy atom. The van der Waals surface area contributed by atoms with Gasteiger partial charge in [-0.1, -0.05) is 30.3 Å². The molecule has 0 spiro atoms. The van der Waals surface area contributed by atoms with Crippen LogP contribution in [0.15, 0.2) is 48.5 Å². The standard InChI is InChI=1S/C24H26N2O2/c1-2-28-24(27)18-11-12-21-20(15-18)19-9-6-10-22-23(19)26(21)14-13-25(22)16-17-7-4-3-5-8-17/h3-5,7-8,11-12,15,22H,2,6,9-10,13-14,16H2,1H3/t22-/m0/s1. The summed E-state index contributed by atoms with van der Waals surface area (Å²) in [5, 5.41) is 1.24. The van der Waals surface area contributed by atoms with Crippen LogP contribution in [-0.4, -0.2) is 28.6 Å². The fraction of sp³-hybridized carbons (Fsp3) is 0.375. The van der Waals surface area contributed by atoms with Crippen molar-refractivity contribution in [2.75, 3.05) is 13.2 Å². The minimum absolute atomic E-state index is 0.223. The van der Waals surface area contributed by atoms with Gasteiger partial charge in [-0.05, 0) is 55.5 Å². The van der Waals surface area contributed by atoms with Crippen molar-refractivity contribution in [2.45, 2.75) is 45.3 Å². The van der Waals surface area contributed by atoms with E-state index in [4.69, 9.17) is 4.74 Å². The molecule has 2 aromatic carbocycles. The van der Waals surface area contributed by atoms with Crippen LogP contribution >= 0.6 is 0 Å². The number of rotatable bonds is 4. The summed E-state index contributed by atoms with van der Waals surface area (Å²) in [6.07, 6.45) is 3.51. The molecule has 0 saturated carbocycles. The number of carbonyl (C=O) groups excluding carboxylic acids is 1. The van der Waals surface area contributed by atoms with E-state index in [1.807, 2.05) is 13.0 Å². The fourth-order valence-electron chi connectivity index (χ4n) is 5.03. The topological polar surface area (TPSA) is 34.5 Å². The van der Waals surface area contributed by atoms with Crippen molar-refractivity contribution in [3.8, 4) is 0 Å². The van der Waals surface area contributed by atoms with Gasteiger partial charge < -0.3 is 9.30 Å². The van der Waals surface area contributed by atoms with Crippen LogP contribution in [0, 0.1) is 0 Å². The van der Waals surface area contributed by atoms with E-state index in [1.165, 1.54) is 40.6 Å². The zero-order chi connectivity index (χ0) is 19.1. The number of ether oxygens (including phenoxy) is 1. The van der Waals surface area contributed by atoms with Crippen molar-refractivity contribution in [3.05, 3.63) is 70.9 Å². The van der Waals surface area contributed by atoms with Crippen molar-refractivity contribution in [1.29, 1.82) is 0 Å². The SMILES string of the molecule is CCOC(=O)c1ccc2c(c1)c1c3n2CCN(Cc2ccccc2)[C@H]3CCC1. The molecule has 1 aliphatic heterocycles. The molecule has 5 rings (SSSR count). The summed E-state index contributed by atoms with van der Waals surface area (Å²) in [6.45, 7) is 5.33. The van der Waals surface area contributed by atoms with Crippen molar-refractivity contribution in [1.82, 2.24) is 9.47 Å². The first-order valence-electron chi connectivity index (χ1n) is 10.4. The highest BCUT2D eigenvalue weighted by atomic mass is 16.5. The van der Waals surface area contributed by atoms with Crippen LogP contribution in [0.4, 0.5) is 0 Å². The Kier molecular flexibility index (Phi) is 4.44. The fourth-order valence-corrected chi connectivity index (χ4v) is 5.03. The van der Waals surface area contributed by atoms with Crippen molar-refractivity contribution in [3.63, 3.8) is 0 Å². The third kappa shape index (κ3) is 2.83. The van der Waals surface area contributed by atoms with Crippen LogP contribution in [0.2, 0.25) is 0 Å². The van der Waals surface area contributed by atoms with E-state index in [2.05, 4.69) is 51.9 Å². The minimum Gasteiger partial charge on any atom is -0.462 e. The molecular weight excluding hydrogens is 348 g/mol. The van der Waals surface area contributed by atoms with Crippen molar-refractivity contribution >= 4 is 16.9 Å². The second-order valence-electron chi connectivity index (χ2n) is 7.83. The van der Waals surface area contributed by atoms with E-state index in [0.717, 1.165) is 26.1 Å². The highest BCUT2D eigenvalue weighted by Gasteiger charge is 2.34. The predicted molar refractivity (Wildman–Crippen MR) is 110 cm³/mol. The lowest BCUT2D eigenvalue weighted by Gasteiger charge is -2.40. The summed E-state index contributed by atoms with van der Waals surface area (Å²) in [4.78, 5) is 14.9. The average molecular weight is 374 g/mol. The molecule has 1 aromatic heterocycles. The first-order valence-corrected chi connectivity index (χ1v) is 10.4. The minimum atomic E-state index is -0.223. The van der Waals surface area contributed by atoms with Gasteiger partial charge >= 0.3 is 5.97 Å². The average Bonchev–Trinajstić information content (AvgIpc) is 3.06. The van der Waals surface area contributed by atoms with Crippen LogP contribution in [0.25, 0.3) is 10.9 Å². The highest BCUT2D eigenvalue weighted by molar-refractivity contribution is 5.96. The van der Waals surface area contributed by atoms with Crippen LogP contribution < -0.4 is 0 Å². The van der Waals surface area contributed by atoms with Crippen LogP contribution in [-0.2, 0) is 24.2 Å². The summed E-state index contributed by atoms with van der Waals surface area (Å²) < 4.78 is 7.72. The number of hydrogen-bond donors (Lipinski definition) is 0. The number of aryl methyl sites for hydroxylation is 1. The van der Waals surface area contributed by atoms with Gasteiger partial charge in [-0.3, -0.25) is 4.90 Å². The number of esters is 1. The van der Waals surface area contributed by atoms with Gasteiger partial charge in [-0.2, -0.15) is 0 Å². The molecule has 3 aromatic rings. The molecule has 0 unspecified atom stereocenters. The summed E-state index contributed by atoms with van der Waals surface area (Å²) in [5.74, 6) is -0.223. The molecule has 144 valence electrons. The van der Waals surface area contributed by atoms with E-state index >= 15 is 0 Å². The Morgan fingerprint density at radius 1 is 1.14 bits per heavy atom. The third-order valence-corrected chi connectivity index (χ3v) is 6.22. The number of hydrogen-bond acceptors (Lipinski definition) is 3. The number of benzene rings is 2. The van der Waals surface area contributed by atoms with Crippen molar-refractivity contribution < 1.29 is 9.53 Å². The molecule has 28 heavy (non-hydrogen) atoms. The normalized spacial score (nSPS) is 18.8. The first kappa shape index (κ1) is 17.5. The van der Waals surface area contributed by atoms with E-state index in [1.54, 1.807) is 0 Å². The van der Waals surface area contributed by atoms with Gasteiger partial charge in [0.25, 0.3) is 0 Å². The number of carbonyl (C=O) groups is 1. The first-order chi connectivity index (χ1) is 13.8. The molecule has 0 fully saturated rings. The molecule has 0 radical (unpaired) electrons. The largest absolute Gasteiger partial charge is 0.462 e. The lowest BCUT2D eigenvalue weighted by molar-refractivity contribution is 0.0526. The molecule has 0 amide bonds. The van der Waals surface area contributed by atoms with E-state index in [9.17, 15) is 4.79 Å². The van der Waals surface area contributed by atoms with Gasteiger partial charge in [0.15, 0.2) is 0 Å². The Hall–Kier alpha value is -2.59. The number of aromatic nitrogens is 1. The second kappa shape index (κ2) is 7.10. The summed E-state index contributed by atoms with van der Waals surface area (Å²) in [6, 6.07) is 17.3. The Bertz CT molecular complexity index is 1020. The maximum atomic E-state index is 12.2. The Balaban J connectivity index is 1.55. The van der Waals surface area contributed by atoms with Gasteiger partial charge in [-0.15, -0.1) is 0 Å². The van der Waals surface area contributed by atoms with Gasteiger partial charge in [0.1, 0.15) is 0 Å². The molecule has 2 aliphatic rings. The van der Waals surface area contributed by atoms with E-state index in [-0.39, 0.29) is 5.97 Å². The van der Waals surface area contributed by atoms with Gasteiger partial charge in [0.05, 0.1) is 18.2 Å². The molecule has 4 nitrogen and oxygen atoms in total. The molecule has 1 atom stereocenters. The summed E-state index contributed by atoms with van der Waals surface area (Å²) in [5.41, 5.74) is 6.23. The molecular formula is C24H26N2O2. The van der Waals surface area contributed by atoms with E-state index < -0.39 is 0 Å². The monoisotopic (exact) mass is 374 g/mol. The maximum absolute atomic E-state index is 12.2. The van der Waals surface area contributed by atoms with Crippen LogP contribution in [0.5, 0.6) is 0 Å². The smallest absolute Gasteiger partial charge is 0.338 e. The molecule has 4 heteroatoms. The molecule has 1 aliphatic carbocycles. The zero-order valence-electron chi connectivity index (χ0n) is 16.4. The highest BCUT2D eigenvalue weighted by Crippen LogP contribution is 2.43. The van der Waals surface area contributed by atoms with Gasteiger partial charge in [0, 0.05) is 36.2 Å². The Labute approximate surface area is 165 Å². The van der Waals surface area contributed by atoms with Gasteiger partial charge in [-0.25, -0.2) is 4.79 Å². The van der Waals surface area contributed by atoms with Crippen LogP contribution in [0.3, 0.4) is 0 Å². The summed E-state index contributed by atoms with van der Waals surface area (Å²) in [7, 11) is 0. The van der Waals surface area contributed by atoms with Gasteiger partial charge in [0.2, 0.25) is 0 Å². The maximum Gasteiger partial charge on any atom is 0.338 e. The Morgan fingerprint density at radius 2 is 2.00 bits per heavy atom. The number of fused-ring (bicyclic) bond motifs is 3. The lowest BCUT2D eigenvalue weighted by atomic mass is 9.89.